The molecule has 0 amide bonds. The van der Waals surface area contributed by atoms with Crippen LogP contribution in [0.5, 0.6) is 0 Å². The van der Waals surface area contributed by atoms with Gasteiger partial charge in [-0.3, -0.25) is 0 Å². The average molecular weight is 241 g/mol. The van der Waals surface area contributed by atoms with E-state index in [1.165, 1.54) is 12.8 Å². The van der Waals surface area contributed by atoms with Crippen molar-refractivity contribution in [3.05, 3.63) is 12.2 Å². The topological polar surface area (TPSA) is 38.3 Å². The highest BCUT2D eigenvalue weighted by atomic mass is 16.5. The van der Waals surface area contributed by atoms with Crippen molar-refractivity contribution in [2.75, 3.05) is 13.2 Å². The van der Waals surface area contributed by atoms with Gasteiger partial charge >= 0.3 is 5.97 Å². The van der Waals surface area contributed by atoms with E-state index in [1.807, 2.05) is 0 Å². The molecule has 0 heterocycles. The van der Waals surface area contributed by atoms with Gasteiger partial charge in [0.05, 0.1) is 6.61 Å². The Kier molecular flexibility index (Phi) is 8.78. The highest BCUT2D eigenvalue weighted by Gasteiger charge is 2.09. The van der Waals surface area contributed by atoms with Gasteiger partial charge < -0.3 is 10.1 Å². The molecular formula is C14H27NO2. The summed E-state index contributed by atoms with van der Waals surface area (Å²) in [5.41, 5.74) is 0.502. The fraction of sp³-hybridized carbons (Fsp3) is 0.786. The summed E-state index contributed by atoms with van der Waals surface area (Å²) in [6, 6.07) is 0.417. The number of esters is 1. The zero-order chi connectivity index (χ0) is 13.3. The zero-order valence-corrected chi connectivity index (χ0v) is 11.7. The number of rotatable bonds is 9. The highest BCUT2D eigenvalue weighted by molar-refractivity contribution is 5.88. The lowest BCUT2D eigenvalue weighted by Crippen LogP contribution is -2.30. The summed E-state index contributed by atoms with van der Waals surface area (Å²) in [5, 5.41) is 3.30. The summed E-state index contributed by atoms with van der Waals surface area (Å²) in [7, 11) is 0. The molecule has 0 fully saturated rings. The predicted octanol–water partition coefficient (Wildman–Crippen LogP) is 2.91. The molecule has 0 aliphatic carbocycles. The van der Waals surface area contributed by atoms with Crippen molar-refractivity contribution in [2.24, 2.45) is 5.92 Å². The maximum absolute atomic E-state index is 11.3. The monoisotopic (exact) mass is 241 g/mol. The van der Waals surface area contributed by atoms with E-state index in [1.54, 1.807) is 6.92 Å². The average Bonchev–Trinajstić information content (AvgIpc) is 2.25. The van der Waals surface area contributed by atoms with Gasteiger partial charge in [0.25, 0.3) is 0 Å². The Morgan fingerprint density at radius 2 is 1.94 bits per heavy atom. The molecule has 0 spiro atoms. The molecule has 3 nitrogen and oxygen atoms in total. The molecule has 17 heavy (non-hydrogen) atoms. The molecular weight excluding hydrogens is 214 g/mol. The summed E-state index contributed by atoms with van der Waals surface area (Å²) < 4.78 is 4.87. The molecule has 0 aromatic heterocycles. The first-order chi connectivity index (χ1) is 7.97. The maximum atomic E-state index is 11.3. The summed E-state index contributed by atoms with van der Waals surface area (Å²) in [6.45, 7) is 13.0. The first-order valence-electron chi connectivity index (χ1n) is 6.55. The molecule has 3 heteroatoms. The third kappa shape index (κ3) is 8.93. The Morgan fingerprint density at radius 3 is 2.47 bits per heavy atom. The van der Waals surface area contributed by atoms with Gasteiger partial charge in [0.1, 0.15) is 0 Å². The van der Waals surface area contributed by atoms with Gasteiger partial charge in [0.15, 0.2) is 0 Å². The van der Waals surface area contributed by atoms with Crippen LogP contribution in [-0.4, -0.2) is 25.2 Å². The summed E-state index contributed by atoms with van der Waals surface area (Å²) in [6.07, 6.45) is 3.61. The lowest BCUT2D eigenvalue weighted by Gasteiger charge is -2.15. The molecule has 0 aliphatic rings. The van der Waals surface area contributed by atoms with Gasteiger partial charge in [0, 0.05) is 18.2 Å². The smallest absolute Gasteiger partial charge is 0.334 e. The number of nitrogens with one attached hydrogen (secondary N) is 1. The minimum Gasteiger partial charge on any atom is -0.463 e. The summed E-state index contributed by atoms with van der Waals surface area (Å²) >= 11 is 0. The number of hydrogen-bond acceptors (Lipinski definition) is 3. The fourth-order valence-corrected chi connectivity index (χ4v) is 1.54. The van der Waals surface area contributed by atoms with Crippen molar-refractivity contribution < 1.29 is 9.53 Å². The Hall–Kier alpha value is -0.830. The lowest BCUT2D eigenvalue weighted by atomic mass is 10.0. The van der Waals surface area contributed by atoms with Crippen LogP contribution in [0.1, 0.15) is 47.0 Å². The van der Waals surface area contributed by atoms with Crippen LogP contribution in [0.15, 0.2) is 12.2 Å². The second-order valence-electron chi connectivity index (χ2n) is 4.93. The Morgan fingerprint density at radius 1 is 1.29 bits per heavy atom. The molecule has 1 atom stereocenters. The normalized spacial score (nSPS) is 12.5. The molecule has 0 saturated carbocycles. The number of carbonyl (C=O) groups is 1. The van der Waals surface area contributed by atoms with Gasteiger partial charge in [-0.2, -0.15) is 0 Å². The Labute approximate surface area is 106 Å². The van der Waals surface area contributed by atoms with Crippen LogP contribution >= 0.6 is 0 Å². The highest BCUT2D eigenvalue weighted by Crippen LogP contribution is 2.08. The van der Waals surface area contributed by atoms with Crippen molar-refractivity contribution >= 4 is 5.97 Å². The van der Waals surface area contributed by atoms with Gasteiger partial charge in [-0.05, 0) is 26.2 Å². The minimum atomic E-state index is -0.297. The first kappa shape index (κ1) is 16.2. The third-order valence-corrected chi connectivity index (χ3v) is 2.65. The standard InChI is InChI=1S/C14H27NO2/c1-6-17-14(16)12(4)10-15-13(5)9-7-8-11(2)3/h11,13,15H,4,6-10H2,1-3,5H3. The van der Waals surface area contributed by atoms with Crippen molar-refractivity contribution in [3.8, 4) is 0 Å². The molecule has 1 N–H and O–H groups in total. The van der Waals surface area contributed by atoms with Crippen molar-refractivity contribution in [1.29, 1.82) is 0 Å². The van der Waals surface area contributed by atoms with Crippen molar-refractivity contribution in [1.82, 2.24) is 5.32 Å². The van der Waals surface area contributed by atoms with Crippen LogP contribution in [0, 0.1) is 5.92 Å². The van der Waals surface area contributed by atoms with Gasteiger partial charge in [-0.25, -0.2) is 4.79 Å². The molecule has 0 saturated heterocycles. The van der Waals surface area contributed by atoms with Gasteiger partial charge in [-0.1, -0.05) is 33.3 Å². The van der Waals surface area contributed by atoms with Crippen molar-refractivity contribution in [3.63, 3.8) is 0 Å². The fourth-order valence-electron chi connectivity index (χ4n) is 1.54. The van der Waals surface area contributed by atoms with E-state index in [9.17, 15) is 4.79 Å². The zero-order valence-electron chi connectivity index (χ0n) is 11.7. The number of ether oxygens (including phenoxy) is 1. The summed E-state index contributed by atoms with van der Waals surface area (Å²) in [5.74, 6) is 0.464. The summed E-state index contributed by atoms with van der Waals surface area (Å²) in [4.78, 5) is 11.3. The molecule has 0 rings (SSSR count). The maximum Gasteiger partial charge on any atom is 0.334 e. The number of carbonyl (C=O) groups excluding carboxylic acids is 1. The number of hydrogen-bond donors (Lipinski definition) is 1. The van der Waals surface area contributed by atoms with Crippen LogP contribution in [-0.2, 0) is 9.53 Å². The second kappa shape index (κ2) is 9.23. The van der Waals surface area contributed by atoms with Gasteiger partial charge in [-0.15, -0.1) is 0 Å². The van der Waals surface area contributed by atoms with Crippen LogP contribution in [0.25, 0.3) is 0 Å². The van der Waals surface area contributed by atoms with Crippen LogP contribution < -0.4 is 5.32 Å². The molecule has 1 unspecified atom stereocenters. The van der Waals surface area contributed by atoms with Crippen LogP contribution in [0.2, 0.25) is 0 Å². The van der Waals surface area contributed by atoms with Gasteiger partial charge in [0.2, 0.25) is 0 Å². The second-order valence-corrected chi connectivity index (χ2v) is 4.93. The van der Waals surface area contributed by atoms with Crippen molar-refractivity contribution in [2.45, 2.75) is 53.0 Å². The lowest BCUT2D eigenvalue weighted by molar-refractivity contribution is -0.138. The molecule has 0 bridgehead atoms. The largest absolute Gasteiger partial charge is 0.463 e. The molecule has 0 aromatic rings. The van der Waals surface area contributed by atoms with E-state index in [-0.39, 0.29) is 5.97 Å². The third-order valence-electron chi connectivity index (χ3n) is 2.65. The quantitative estimate of drug-likeness (QED) is 0.498. The van der Waals surface area contributed by atoms with E-state index in [2.05, 4.69) is 32.7 Å². The van der Waals surface area contributed by atoms with E-state index in [0.717, 1.165) is 12.3 Å². The van der Waals surface area contributed by atoms with E-state index < -0.39 is 0 Å². The van der Waals surface area contributed by atoms with E-state index >= 15 is 0 Å². The van der Waals surface area contributed by atoms with E-state index in [0.29, 0.717) is 24.8 Å². The Bertz CT molecular complexity index is 236. The van der Waals surface area contributed by atoms with Crippen LogP contribution in [0.4, 0.5) is 0 Å². The molecule has 100 valence electrons. The molecule has 0 radical (unpaired) electrons. The first-order valence-corrected chi connectivity index (χ1v) is 6.55. The van der Waals surface area contributed by atoms with Crippen LogP contribution in [0.3, 0.4) is 0 Å². The Balaban J connectivity index is 3.65. The molecule has 0 aromatic carbocycles. The minimum absolute atomic E-state index is 0.297. The SMILES string of the molecule is C=C(CNC(C)CCCC(C)C)C(=O)OCC. The van der Waals surface area contributed by atoms with E-state index in [4.69, 9.17) is 4.74 Å². The predicted molar refractivity (Wildman–Crippen MR) is 71.9 cm³/mol. The molecule has 0 aliphatic heterocycles.